The van der Waals surface area contributed by atoms with Crippen molar-refractivity contribution in [2.45, 2.75) is 32.9 Å². The number of quaternary nitrogens is 1. The maximum Gasteiger partial charge on any atom is 0.514 e. The number of nitrogens with zero attached hydrogens (tertiary/aromatic N) is 1. The van der Waals surface area contributed by atoms with Crippen LogP contribution in [0.25, 0.3) is 0 Å². The Morgan fingerprint density at radius 3 is 2.44 bits per heavy atom. The molecule has 0 saturated carbocycles. The van der Waals surface area contributed by atoms with Crippen LogP contribution in [0, 0.1) is 5.92 Å². The molecule has 0 aliphatic carbocycles. The quantitative estimate of drug-likeness (QED) is 0.814. The second kappa shape index (κ2) is 7.23. The number of carboxylic acid groups (broad SMARTS) is 1. The maximum atomic E-state index is 12.3. The monoisotopic (exact) mass is 349 g/mol. The van der Waals surface area contributed by atoms with E-state index in [-0.39, 0.29) is 36.5 Å². The Labute approximate surface area is 147 Å². The summed E-state index contributed by atoms with van der Waals surface area (Å²) in [5.41, 5.74) is 0.258. The lowest BCUT2D eigenvalue weighted by molar-refractivity contribution is -0.890. The van der Waals surface area contributed by atoms with Gasteiger partial charge in [0, 0.05) is 6.54 Å². The first-order valence-corrected chi connectivity index (χ1v) is 8.23. The second-order valence-electron chi connectivity index (χ2n) is 7.37. The molecule has 1 saturated heterocycles. The van der Waals surface area contributed by atoms with Crippen molar-refractivity contribution in [3.8, 4) is 0 Å². The van der Waals surface area contributed by atoms with Gasteiger partial charge in [0.25, 0.3) is 0 Å². The fraction of sp³-hybridized carbons (Fsp3) is 0.500. The van der Waals surface area contributed by atoms with Gasteiger partial charge in [-0.25, -0.2) is 9.28 Å². The smallest absolute Gasteiger partial charge is 0.445 e. The predicted molar refractivity (Wildman–Crippen MR) is 90.9 cm³/mol. The minimum absolute atomic E-state index is 0.0652. The summed E-state index contributed by atoms with van der Waals surface area (Å²) in [7, 11) is 0. The Morgan fingerprint density at radius 2 is 1.92 bits per heavy atom. The molecule has 2 atom stereocenters. The van der Waals surface area contributed by atoms with Crippen LogP contribution in [-0.4, -0.2) is 52.7 Å². The number of nitrogens with one attached hydrogen (secondary N) is 1. The SMILES string of the molecule is CC(C)(C)[N+]1(C(=O)O)CC(=O)[C@H](CNC(=O)OCc2ccccc2)C1. The Hall–Kier alpha value is -2.41. The van der Waals surface area contributed by atoms with E-state index in [1.54, 1.807) is 20.8 Å². The predicted octanol–water partition coefficient (Wildman–Crippen LogP) is 2.41. The standard InChI is InChI=1S/C18H24N2O5/c1-18(2,3)20(17(23)24)10-14(15(21)11-20)9-19-16(22)25-12-13-7-5-4-6-8-13/h4-8,14H,9-12H2,1-3H3,(H-,19,22,23,24)/p+1/t14-,20?/m1/s1. The van der Waals surface area contributed by atoms with Crippen LogP contribution in [0.5, 0.6) is 0 Å². The van der Waals surface area contributed by atoms with Gasteiger partial charge in [0.15, 0.2) is 5.78 Å². The van der Waals surface area contributed by atoms with Crippen molar-refractivity contribution >= 4 is 18.0 Å². The fourth-order valence-corrected chi connectivity index (χ4v) is 3.04. The van der Waals surface area contributed by atoms with E-state index >= 15 is 0 Å². The van der Waals surface area contributed by atoms with Crippen molar-refractivity contribution < 1.29 is 28.7 Å². The summed E-state index contributed by atoms with van der Waals surface area (Å²) >= 11 is 0. The van der Waals surface area contributed by atoms with Gasteiger partial charge in [-0.2, -0.15) is 4.79 Å². The van der Waals surface area contributed by atoms with Crippen molar-refractivity contribution in [3.63, 3.8) is 0 Å². The molecular formula is C18H25N2O5+. The molecule has 1 unspecified atom stereocenters. The first-order chi connectivity index (χ1) is 11.7. The number of alkyl carbamates (subject to hydrolysis) is 1. The van der Waals surface area contributed by atoms with Crippen molar-refractivity contribution in [1.82, 2.24) is 5.32 Å². The highest BCUT2D eigenvalue weighted by molar-refractivity contribution is 5.86. The topological polar surface area (TPSA) is 92.7 Å². The molecule has 0 aromatic heterocycles. The Morgan fingerprint density at radius 1 is 1.28 bits per heavy atom. The van der Waals surface area contributed by atoms with E-state index in [1.165, 1.54) is 0 Å². The van der Waals surface area contributed by atoms with Crippen molar-refractivity contribution in [2.75, 3.05) is 19.6 Å². The van der Waals surface area contributed by atoms with Gasteiger partial charge >= 0.3 is 12.2 Å². The zero-order valence-electron chi connectivity index (χ0n) is 14.8. The van der Waals surface area contributed by atoms with Crippen molar-refractivity contribution in [1.29, 1.82) is 0 Å². The number of hydrogen-bond acceptors (Lipinski definition) is 4. The summed E-state index contributed by atoms with van der Waals surface area (Å²) < 4.78 is 4.78. The van der Waals surface area contributed by atoms with E-state index in [1.807, 2.05) is 30.3 Å². The number of hydrogen-bond donors (Lipinski definition) is 2. The van der Waals surface area contributed by atoms with Crippen LogP contribution in [-0.2, 0) is 16.1 Å². The molecule has 7 heteroatoms. The summed E-state index contributed by atoms with van der Waals surface area (Å²) in [6, 6.07) is 9.26. The maximum absolute atomic E-state index is 12.3. The average Bonchev–Trinajstić information content (AvgIpc) is 2.90. The van der Waals surface area contributed by atoms with Crippen LogP contribution >= 0.6 is 0 Å². The minimum Gasteiger partial charge on any atom is -0.445 e. The first-order valence-electron chi connectivity index (χ1n) is 8.23. The molecule has 1 aromatic rings. The average molecular weight is 349 g/mol. The highest BCUT2D eigenvalue weighted by Crippen LogP contribution is 2.32. The zero-order valence-corrected chi connectivity index (χ0v) is 14.8. The molecular weight excluding hydrogens is 324 g/mol. The molecule has 0 bridgehead atoms. The largest absolute Gasteiger partial charge is 0.514 e. The molecule has 25 heavy (non-hydrogen) atoms. The third kappa shape index (κ3) is 4.17. The highest BCUT2D eigenvalue weighted by atomic mass is 16.5. The molecule has 2 rings (SSSR count). The van der Waals surface area contributed by atoms with Gasteiger partial charge in [0.1, 0.15) is 25.2 Å². The van der Waals surface area contributed by atoms with Crippen LogP contribution in [0.4, 0.5) is 9.59 Å². The molecule has 2 N–H and O–H groups in total. The van der Waals surface area contributed by atoms with Gasteiger partial charge in [-0.3, -0.25) is 4.79 Å². The van der Waals surface area contributed by atoms with Crippen LogP contribution in [0.15, 0.2) is 30.3 Å². The summed E-state index contributed by atoms with van der Waals surface area (Å²) in [5.74, 6) is -0.680. The minimum atomic E-state index is -1.02. The molecule has 1 heterocycles. The zero-order chi connectivity index (χ0) is 18.7. The molecule has 136 valence electrons. The fourth-order valence-electron chi connectivity index (χ4n) is 3.04. The van der Waals surface area contributed by atoms with E-state index in [2.05, 4.69) is 5.32 Å². The Bertz CT molecular complexity index is 653. The third-order valence-electron chi connectivity index (χ3n) is 4.77. The van der Waals surface area contributed by atoms with Crippen LogP contribution in [0.1, 0.15) is 26.3 Å². The Balaban J connectivity index is 1.89. The number of ether oxygens (including phenoxy) is 1. The van der Waals surface area contributed by atoms with Crippen LogP contribution in [0.3, 0.4) is 0 Å². The van der Waals surface area contributed by atoms with Gasteiger partial charge in [-0.15, -0.1) is 0 Å². The van der Waals surface area contributed by atoms with E-state index < -0.39 is 23.6 Å². The summed E-state index contributed by atoms with van der Waals surface area (Å²) in [4.78, 5) is 35.8. The molecule has 7 nitrogen and oxygen atoms in total. The summed E-state index contributed by atoms with van der Waals surface area (Å²) in [6.07, 6.45) is -1.64. The van der Waals surface area contributed by atoms with Gasteiger partial charge in [-0.05, 0) is 26.3 Å². The number of rotatable bonds is 4. The number of amides is 2. The summed E-state index contributed by atoms with van der Waals surface area (Å²) in [6.45, 7) is 5.73. The van der Waals surface area contributed by atoms with Gasteiger partial charge in [0.05, 0.1) is 5.92 Å². The van der Waals surface area contributed by atoms with E-state index in [0.717, 1.165) is 5.56 Å². The molecule has 0 spiro atoms. The number of carbonyl (C=O) groups excluding carboxylic acids is 2. The highest BCUT2D eigenvalue weighted by Gasteiger charge is 2.56. The van der Waals surface area contributed by atoms with Crippen molar-refractivity contribution in [2.24, 2.45) is 5.92 Å². The molecule has 1 fully saturated rings. The third-order valence-corrected chi connectivity index (χ3v) is 4.77. The normalized spacial score (nSPS) is 23.3. The van der Waals surface area contributed by atoms with Crippen molar-refractivity contribution in [3.05, 3.63) is 35.9 Å². The van der Waals surface area contributed by atoms with E-state index in [9.17, 15) is 19.5 Å². The number of Topliss-reactive ketones (excluding diaryl/α,β-unsaturated/α-hetero) is 1. The van der Waals surface area contributed by atoms with Gasteiger partial charge in [0.2, 0.25) is 0 Å². The van der Waals surface area contributed by atoms with E-state index in [0.29, 0.717) is 0 Å². The number of carbonyl (C=O) groups is 3. The Kier molecular flexibility index (Phi) is 5.47. The second-order valence-corrected chi connectivity index (χ2v) is 7.37. The number of likely N-dealkylation sites (tertiary alicyclic amines) is 1. The molecule has 1 aliphatic rings. The van der Waals surface area contributed by atoms with E-state index in [4.69, 9.17) is 4.74 Å². The lowest BCUT2D eigenvalue weighted by Crippen LogP contribution is -2.62. The molecule has 2 amide bonds. The molecule has 1 aliphatic heterocycles. The first kappa shape index (κ1) is 18.9. The molecule has 0 radical (unpaired) electrons. The van der Waals surface area contributed by atoms with Gasteiger partial charge < -0.3 is 15.2 Å². The lowest BCUT2D eigenvalue weighted by atomic mass is 10.0. The molecule has 1 aromatic carbocycles. The van der Waals surface area contributed by atoms with Crippen LogP contribution in [0.2, 0.25) is 0 Å². The van der Waals surface area contributed by atoms with Gasteiger partial charge in [-0.1, -0.05) is 30.3 Å². The lowest BCUT2D eigenvalue weighted by Gasteiger charge is -2.39. The number of benzene rings is 1. The number of ketones is 1. The van der Waals surface area contributed by atoms with Crippen LogP contribution < -0.4 is 5.32 Å². The summed E-state index contributed by atoms with van der Waals surface area (Å²) in [5, 5.41) is 12.2.